The second-order valence-electron chi connectivity index (χ2n) is 5.00. The van der Waals surface area contributed by atoms with Gasteiger partial charge in [-0.15, -0.1) is 0 Å². The van der Waals surface area contributed by atoms with Crippen LogP contribution >= 0.6 is 0 Å². The third-order valence-electron chi connectivity index (χ3n) is 3.71. The van der Waals surface area contributed by atoms with Crippen LogP contribution in [0.5, 0.6) is 5.75 Å². The monoisotopic (exact) mass is 262 g/mol. The predicted molar refractivity (Wildman–Crippen MR) is 74.9 cm³/mol. The second kappa shape index (κ2) is 6.06. The summed E-state index contributed by atoms with van der Waals surface area (Å²) in [5.74, 6) is 1.34. The van der Waals surface area contributed by atoms with Gasteiger partial charge in [-0.25, -0.2) is 0 Å². The molecule has 1 amide bonds. The number of amides is 1. The largest absolute Gasteiger partial charge is 0.494 e. The number of rotatable bonds is 5. The van der Waals surface area contributed by atoms with Crippen LogP contribution < -0.4 is 10.5 Å². The SMILES string of the molecule is CCOc1ccccc1C(C)N1CC(CN)CC1=O. The first-order chi connectivity index (χ1) is 9.17. The summed E-state index contributed by atoms with van der Waals surface area (Å²) in [5.41, 5.74) is 6.74. The quantitative estimate of drug-likeness (QED) is 0.882. The minimum absolute atomic E-state index is 0.0341. The van der Waals surface area contributed by atoms with Gasteiger partial charge in [0.15, 0.2) is 0 Å². The van der Waals surface area contributed by atoms with Crippen LogP contribution in [-0.2, 0) is 4.79 Å². The molecule has 1 heterocycles. The number of para-hydroxylation sites is 1. The summed E-state index contributed by atoms with van der Waals surface area (Å²) >= 11 is 0. The van der Waals surface area contributed by atoms with Crippen LogP contribution in [0.15, 0.2) is 24.3 Å². The van der Waals surface area contributed by atoms with E-state index in [1.54, 1.807) is 0 Å². The van der Waals surface area contributed by atoms with Crippen molar-refractivity contribution in [2.45, 2.75) is 26.3 Å². The van der Waals surface area contributed by atoms with Crippen LogP contribution in [0.4, 0.5) is 0 Å². The molecule has 1 aliphatic heterocycles. The molecule has 2 atom stereocenters. The number of likely N-dealkylation sites (tertiary alicyclic amines) is 1. The van der Waals surface area contributed by atoms with Crippen molar-refractivity contribution in [2.24, 2.45) is 11.7 Å². The molecule has 0 saturated carbocycles. The number of carbonyl (C=O) groups excluding carboxylic acids is 1. The van der Waals surface area contributed by atoms with Gasteiger partial charge in [-0.2, -0.15) is 0 Å². The molecule has 1 aromatic rings. The summed E-state index contributed by atoms with van der Waals surface area (Å²) in [7, 11) is 0. The standard InChI is InChI=1S/C15H22N2O2/c1-3-19-14-7-5-4-6-13(14)11(2)17-10-12(9-16)8-15(17)18/h4-7,11-12H,3,8-10,16H2,1-2H3. The minimum Gasteiger partial charge on any atom is -0.494 e. The molecule has 2 unspecified atom stereocenters. The Morgan fingerprint density at radius 3 is 2.84 bits per heavy atom. The summed E-state index contributed by atoms with van der Waals surface area (Å²) < 4.78 is 5.64. The topological polar surface area (TPSA) is 55.6 Å². The maximum atomic E-state index is 12.1. The number of benzene rings is 1. The fraction of sp³-hybridized carbons (Fsp3) is 0.533. The molecule has 0 spiro atoms. The highest BCUT2D eigenvalue weighted by Gasteiger charge is 2.33. The summed E-state index contributed by atoms with van der Waals surface area (Å²) in [6, 6.07) is 7.95. The van der Waals surface area contributed by atoms with Crippen molar-refractivity contribution in [1.29, 1.82) is 0 Å². The second-order valence-corrected chi connectivity index (χ2v) is 5.00. The third-order valence-corrected chi connectivity index (χ3v) is 3.71. The summed E-state index contributed by atoms with van der Waals surface area (Å²) in [4.78, 5) is 14.0. The lowest BCUT2D eigenvalue weighted by molar-refractivity contribution is -0.129. The molecule has 4 nitrogen and oxygen atoms in total. The molecule has 1 aliphatic rings. The van der Waals surface area contributed by atoms with Gasteiger partial charge in [0.25, 0.3) is 0 Å². The summed E-state index contributed by atoms with van der Waals surface area (Å²) in [6.07, 6.45) is 0.567. The van der Waals surface area contributed by atoms with Gasteiger partial charge in [-0.1, -0.05) is 18.2 Å². The van der Waals surface area contributed by atoms with Gasteiger partial charge in [0, 0.05) is 18.5 Å². The molecule has 1 fully saturated rings. The first-order valence-corrected chi connectivity index (χ1v) is 6.88. The van der Waals surface area contributed by atoms with Crippen LogP contribution in [0.2, 0.25) is 0 Å². The molecule has 2 N–H and O–H groups in total. The van der Waals surface area contributed by atoms with Gasteiger partial charge in [0.05, 0.1) is 12.6 Å². The number of nitrogens with zero attached hydrogens (tertiary/aromatic N) is 1. The van der Waals surface area contributed by atoms with Crippen molar-refractivity contribution < 1.29 is 9.53 Å². The van der Waals surface area contributed by atoms with E-state index in [1.165, 1.54) is 0 Å². The molecule has 1 aromatic carbocycles. The van der Waals surface area contributed by atoms with Crippen LogP contribution in [0.3, 0.4) is 0 Å². The Morgan fingerprint density at radius 2 is 2.21 bits per heavy atom. The first kappa shape index (κ1) is 13.9. The average molecular weight is 262 g/mol. The van der Waals surface area contributed by atoms with E-state index in [0.717, 1.165) is 17.9 Å². The Bertz CT molecular complexity index is 448. The van der Waals surface area contributed by atoms with Gasteiger partial charge in [0.1, 0.15) is 5.75 Å². The molecule has 0 radical (unpaired) electrons. The molecule has 1 saturated heterocycles. The van der Waals surface area contributed by atoms with Crippen molar-refractivity contribution in [1.82, 2.24) is 4.90 Å². The highest BCUT2D eigenvalue weighted by molar-refractivity contribution is 5.79. The molecule has 0 aromatic heterocycles. The summed E-state index contributed by atoms with van der Waals surface area (Å²) in [6.45, 7) is 5.96. The molecule has 2 rings (SSSR count). The van der Waals surface area contributed by atoms with E-state index in [2.05, 4.69) is 6.92 Å². The van der Waals surface area contributed by atoms with E-state index in [1.807, 2.05) is 36.1 Å². The van der Waals surface area contributed by atoms with E-state index in [-0.39, 0.29) is 17.9 Å². The summed E-state index contributed by atoms with van der Waals surface area (Å²) in [5, 5.41) is 0. The number of nitrogens with two attached hydrogens (primary N) is 1. The van der Waals surface area contributed by atoms with Gasteiger partial charge in [-0.3, -0.25) is 4.79 Å². The van der Waals surface area contributed by atoms with Crippen molar-refractivity contribution in [3.05, 3.63) is 29.8 Å². The average Bonchev–Trinajstić information content (AvgIpc) is 2.80. The Balaban J connectivity index is 2.20. The first-order valence-electron chi connectivity index (χ1n) is 6.88. The normalized spacial score (nSPS) is 20.7. The maximum absolute atomic E-state index is 12.1. The molecule has 104 valence electrons. The molecule has 0 bridgehead atoms. The van der Waals surface area contributed by atoms with Crippen molar-refractivity contribution >= 4 is 5.91 Å². The zero-order valence-electron chi connectivity index (χ0n) is 11.6. The van der Waals surface area contributed by atoms with Crippen molar-refractivity contribution in [3.63, 3.8) is 0 Å². The Labute approximate surface area is 114 Å². The maximum Gasteiger partial charge on any atom is 0.223 e. The van der Waals surface area contributed by atoms with E-state index in [9.17, 15) is 4.79 Å². The fourth-order valence-electron chi connectivity index (χ4n) is 2.62. The molecule has 4 heteroatoms. The lowest BCUT2D eigenvalue weighted by Gasteiger charge is -2.26. The highest BCUT2D eigenvalue weighted by atomic mass is 16.5. The lowest BCUT2D eigenvalue weighted by atomic mass is 10.1. The molecule has 0 aliphatic carbocycles. The highest BCUT2D eigenvalue weighted by Crippen LogP contribution is 2.33. The number of carbonyl (C=O) groups is 1. The smallest absolute Gasteiger partial charge is 0.223 e. The van der Waals surface area contributed by atoms with Crippen LogP contribution in [0.25, 0.3) is 0 Å². The van der Waals surface area contributed by atoms with E-state index in [4.69, 9.17) is 10.5 Å². The number of hydrogen-bond donors (Lipinski definition) is 1. The van der Waals surface area contributed by atoms with Gasteiger partial charge < -0.3 is 15.4 Å². The molecule has 19 heavy (non-hydrogen) atoms. The molecular formula is C15H22N2O2. The van der Waals surface area contributed by atoms with Crippen LogP contribution in [0.1, 0.15) is 31.9 Å². The minimum atomic E-state index is 0.0341. The van der Waals surface area contributed by atoms with E-state index in [0.29, 0.717) is 19.6 Å². The Kier molecular flexibility index (Phi) is 4.43. The van der Waals surface area contributed by atoms with Crippen LogP contribution in [-0.4, -0.2) is 30.5 Å². The Morgan fingerprint density at radius 1 is 1.47 bits per heavy atom. The molecular weight excluding hydrogens is 240 g/mol. The third kappa shape index (κ3) is 2.89. The van der Waals surface area contributed by atoms with Crippen molar-refractivity contribution in [3.8, 4) is 5.75 Å². The lowest BCUT2D eigenvalue weighted by Crippen LogP contribution is -2.29. The van der Waals surface area contributed by atoms with Gasteiger partial charge >= 0.3 is 0 Å². The van der Waals surface area contributed by atoms with Crippen molar-refractivity contribution in [2.75, 3.05) is 19.7 Å². The predicted octanol–water partition coefficient (Wildman–Crippen LogP) is 1.95. The zero-order valence-corrected chi connectivity index (χ0v) is 11.6. The Hall–Kier alpha value is -1.55. The van der Waals surface area contributed by atoms with Crippen LogP contribution in [0, 0.1) is 5.92 Å². The zero-order chi connectivity index (χ0) is 13.8. The van der Waals surface area contributed by atoms with Gasteiger partial charge in [0.2, 0.25) is 5.91 Å². The number of ether oxygens (including phenoxy) is 1. The van der Waals surface area contributed by atoms with Gasteiger partial charge in [-0.05, 0) is 32.4 Å². The van der Waals surface area contributed by atoms with E-state index >= 15 is 0 Å². The van der Waals surface area contributed by atoms with E-state index < -0.39 is 0 Å². The fourth-order valence-corrected chi connectivity index (χ4v) is 2.62. The number of hydrogen-bond acceptors (Lipinski definition) is 3.